The van der Waals surface area contributed by atoms with E-state index in [9.17, 15) is 9.59 Å². The molecule has 2 N–H and O–H groups in total. The van der Waals surface area contributed by atoms with Crippen LogP contribution in [0.25, 0.3) is 0 Å². The summed E-state index contributed by atoms with van der Waals surface area (Å²) in [6.07, 6.45) is 4.97. The van der Waals surface area contributed by atoms with E-state index in [1.54, 1.807) is 19.0 Å². The molecular weight excluding hydrogens is 204 g/mol. The van der Waals surface area contributed by atoms with Crippen molar-refractivity contribution in [3.63, 3.8) is 0 Å². The molecule has 4 unspecified atom stereocenters. The number of hydrogen-bond donors (Lipinski definition) is 1. The van der Waals surface area contributed by atoms with Gasteiger partial charge in [-0.15, -0.1) is 0 Å². The van der Waals surface area contributed by atoms with Gasteiger partial charge in [0.1, 0.15) is 0 Å². The van der Waals surface area contributed by atoms with E-state index < -0.39 is 5.41 Å². The molecule has 2 bridgehead atoms. The van der Waals surface area contributed by atoms with Crippen molar-refractivity contribution in [1.82, 2.24) is 4.90 Å². The van der Waals surface area contributed by atoms with Gasteiger partial charge in [0.25, 0.3) is 0 Å². The summed E-state index contributed by atoms with van der Waals surface area (Å²) in [7, 11) is 3.45. The predicted octanol–water partition coefficient (Wildman–Crippen LogP) is 0.388. The molecule has 88 valence electrons. The maximum Gasteiger partial charge on any atom is 0.229 e. The van der Waals surface area contributed by atoms with Gasteiger partial charge in [0.05, 0.1) is 11.3 Å². The number of hydrogen-bond acceptors (Lipinski definition) is 2. The molecule has 0 spiro atoms. The number of nitrogens with two attached hydrogens (primary N) is 1. The quantitative estimate of drug-likeness (QED) is 0.687. The van der Waals surface area contributed by atoms with Gasteiger partial charge in [0.15, 0.2) is 0 Å². The number of nitrogens with zero attached hydrogens (tertiary/aromatic N) is 1. The fraction of sp³-hybridized carbons (Fsp3) is 0.667. The highest BCUT2D eigenvalue weighted by molar-refractivity contribution is 5.91. The van der Waals surface area contributed by atoms with Crippen LogP contribution < -0.4 is 5.73 Å². The van der Waals surface area contributed by atoms with E-state index in [1.807, 2.05) is 13.0 Å². The van der Waals surface area contributed by atoms with Gasteiger partial charge in [-0.05, 0) is 25.2 Å². The summed E-state index contributed by atoms with van der Waals surface area (Å²) in [5.41, 5.74) is 4.81. The van der Waals surface area contributed by atoms with Crippen LogP contribution in [0.2, 0.25) is 0 Å². The van der Waals surface area contributed by atoms with Crippen LogP contribution >= 0.6 is 0 Å². The summed E-state index contributed by atoms with van der Waals surface area (Å²) in [4.78, 5) is 25.4. The zero-order valence-corrected chi connectivity index (χ0v) is 9.93. The lowest BCUT2D eigenvalue weighted by Crippen LogP contribution is -2.50. The molecule has 16 heavy (non-hydrogen) atoms. The standard InChI is InChI=1S/C12H18N2O2/c1-12(11(16)14(2)3)8-5-4-7(6-8)9(12)10(13)15/h4-5,7-9H,6H2,1-3H3,(H2,13,15). The average Bonchev–Trinajstić information content (AvgIpc) is 2.74. The van der Waals surface area contributed by atoms with Crippen LogP contribution in [-0.2, 0) is 9.59 Å². The maximum atomic E-state index is 12.3. The minimum atomic E-state index is -0.644. The first-order chi connectivity index (χ1) is 7.39. The molecule has 1 saturated carbocycles. The first-order valence-electron chi connectivity index (χ1n) is 5.58. The van der Waals surface area contributed by atoms with Crippen LogP contribution in [0.5, 0.6) is 0 Å². The van der Waals surface area contributed by atoms with E-state index in [-0.39, 0.29) is 29.6 Å². The van der Waals surface area contributed by atoms with E-state index in [4.69, 9.17) is 5.73 Å². The molecule has 0 aliphatic heterocycles. The number of rotatable bonds is 2. The van der Waals surface area contributed by atoms with Gasteiger partial charge in [0, 0.05) is 14.1 Å². The molecule has 2 aliphatic carbocycles. The number of amides is 2. The van der Waals surface area contributed by atoms with Crippen molar-refractivity contribution in [2.24, 2.45) is 28.9 Å². The molecule has 4 heteroatoms. The van der Waals surface area contributed by atoms with Crippen LogP contribution in [0.1, 0.15) is 13.3 Å². The lowest BCUT2D eigenvalue weighted by Gasteiger charge is -2.37. The lowest BCUT2D eigenvalue weighted by atomic mass is 9.68. The van der Waals surface area contributed by atoms with Crippen LogP contribution in [0.3, 0.4) is 0 Å². The van der Waals surface area contributed by atoms with Crippen LogP contribution in [-0.4, -0.2) is 30.8 Å². The highest BCUT2D eigenvalue weighted by Gasteiger charge is 2.59. The zero-order valence-electron chi connectivity index (χ0n) is 9.93. The topological polar surface area (TPSA) is 63.4 Å². The molecule has 0 heterocycles. The van der Waals surface area contributed by atoms with Crippen LogP contribution in [0.4, 0.5) is 0 Å². The Morgan fingerprint density at radius 2 is 2.00 bits per heavy atom. The smallest absolute Gasteiger partial charge is 0.229 e. The normalized spacial score (nSPS) is 40.1. The SMILES string of the molecule is CN(C)C(=O)C1(C)C2C=CC(C2)C1C(N)=O. The van der Waals surface area contributed by atoms with Gasteiger partial charge in [-0.25, -0.2) is 0 Å². The first-order valence-corrected chi connectivity index (χ1v) is 5.58. The van der Waals surface area contributed by atoms with Gasteiger partial charge in [-0.1, -0.05) is 12.2 Å². The molecule has 0 aromatic carbocycles. The van der Waals surface area contributed by atoms with Gasteiger partial charge >= 0.3 is 0 Å². The molecule has 0 saturated heterocycles. The van der Waals surface area contributed by atoms with Gasteiger partial charge in [-0.3, -0.25) is 9.59 Å². The monoisotopic (exact) mass is 222 g/mol. The van der Waals surface area contributed by atoms with Crippen molar-refractivity contribution in [3.05, 3.63) is 12.2 Å². The summed E-state index contributed by atoms with van der Waals surface area (Å²) < 4.78 is 0. The molecule has 0 radical (unpaired) electrons. The van der Waals surface area contributed by atoms with Crippen molar-refractivity contribution in [3.8, 4) is 0 Å². The van der Waals surface area contributed by atoms with E-state index in [1.165, 1.54) is 0 Å². The molecular formula is C12H18N2O2. The van der Waals surface area contributed by atoms with Crippen molar-refractivity contribution >= 4 is 11.8 Å². The average molecular weight is 222 g/mol. The number of primary amides is 1. The fourth-order valence-electron chi connectivity index (χ4n) is 3.37. The van der Waals surface area contributed by atoms with Crippen molar-refractivity contribution < 1.29 is 9.59 Å². The Bertz CT molecular complexity index is 375. The van der Waals surface area contributed by atoms with Crippen molar-refractivity contribution in [1.29, 1.82) is 0 Å². The number of carbonyl (C=O) groups is 2. The number of carbonyl (C=O) groups excluding carboxylic acids is 2. The first kappa shape index (κ1) is 11.2. The summed E-state index contributed by atoms with van der Waals surface area (Å²) >= 11 is 0. The molecule has 0 aromatic rings. The largest absolute Gasteiger partial charge is 0.369 e. The summed E-state index contributed by atoms with van der Waals surface area (Å²) in [5.74, 6) is -0.388. The van der Waals surface area contributed by atoms with Crippen LogP contribution in [0, 0.1) is 23.2 Å². The van der Waals surface area contributed by atoms with E-state index in [0.29, 0.717) is 0 Å². The molecule has 4 nitrogen and oxygen atoms in total. The minimum Gasteiger partial charge on any atom is -0.369 e. The molecule has 4 atom stereocenters. The maximum absolute atomic E-state index is 12.3. The summed E-state index contributed by atoms with van der Waals surface area (Å²) in [6.45, 7) is 1.87. The number of allylic oxidation sites excluding steroid dienone is 2. The van der Waals surface area contributed by atoms with Gasteiger partial charge in [0.2, 0.25) is 11.8 Å². The Morgan fingerprint density at radius 3 is 2.50 bits per heavy atom. The minimum absolute atomic E-state index is 0.00755. The molecule has 0 aromatic heterocycles. The third-order valence-corrected chi connectivity index (χ3v) is 4.13. The second-order valence-electron chi connectivity index (χ2n) is 5.25. The number of fused-ring (bicyclic) bond motifs is 2. The Morgan fingerprint density at radius 1 is 1.38 bits per heavy atom. The second-order valence-corrected chi connectivity index (χ2v) is 5.25. The predicted molar refractivity (Wildman–Crippen MR) is 60.2 cm³/mol. The Kier molecular flexibility index (Phi) is 2.33. The molecule has 1 fully saturated rings. The molecule has 2 amide bonds. The summed E-state index contributed by atoms with van der Waals surface area (Å²) in [5, 5.41) is 0. The van der Waals surface area contributed by atoms with Gasteiger partial charge < -0.3 is 10.6 Å². The highest BCUT2D eigenvalue weighted by atomic mass is 16.2. The summed E-state index contributed by atoms with van der Waals surface area (Å²) in [6, 6.07) is 0. The second kappa shape index (κ2) is 3.34. The Labute approximate surface area is 95.5 Å². The molecule has 2 aliphatic rings. The van der Waals surface area contributed by atoms with Crippen LogP contribution in [0.15, 0.2) is 12.2 Å². The van der Waals surface area contributed by atoms with Crippen molar-refractivity contribution in [2.75, 3.05) is 14.1 Å². The zero-order chi connectivity index (χ0) is 12.1. The van der Waals surface area contributed by atoms with Crippen molar-refractivity contribution in [2.45, 2.75) is 13.3 Å². The highest BCUT2D eigenvalue weighted by Crippen LogP contribution is 2.56. The Balaban J connectivity index is 2.42. The van der Waals surface area contributed by atoms with E-state index >= 15 is 0 Å². The lowest BCUT2D eigenvalue weighted by molar-refractivity contribution is -0.147. The third kappa shape index (κ3) is 1.22. The fourth-order valence-corrected chi connectivity index (χ4v) is 3.37. The molecule has 2 rings (SSSR count). The van der Waals surface area contributed by atoms with E-state index in [0.717, 1.165) is 6.42 Å². The Hall–Kier alpha value is -1.32. The third-order valence-electron chi connectivity index (χ3n) is 4.13. The van der Waals surface area contributed by atoms with E-state index in [2.05, 4.69) is 6.08 Å². The van der Waals surface area contributed by atoms with Gasteiger partial charge in [-0.2, -0.15) is 0 Å².